The highest BCUT2D eigenvalue weighted by Gasteiger charge is 2.40. The van der Waals surface area contributed by atoms with Gasteiger partial charge in [0.1, 0.15) is 56.7 Å². The predicted octanol–water partition coefficient (Wildman–Crippen LogP) is 8.52. The zero-order chi connectivity index (χ0) is 64.4. The lowest BCUT2D eigenvalue weighted by Gasteiger charge is -2.30. The second-order valence-electron chi connectivity index (χ2n) is 23.3. The van der Waals surface area contributed by atoms with E-state index in [1.807, 2.05) is 21.5 Å². The number of nitrogens with zero attached hydrogens (tertiary/aromatic N) is 12. The molecule has 3 saturated carbocycles. The van der Waals surface area contributed by atoms with Gasteiger partial charge in [0.2, 0.25) is 17.8 Å². The first-order valence-electron chi connectivity index (χ1n) is 29.6. The number of alkyl halides is 2. The molecular weight excluding hydrogens is 1180 g/mol. The molecule has 4 fully saturated rings. The van der Waals surface area contributed by atoms with E-state index in [1.165, 1.54) is 6.07 Å². The molecule has 91 heavy (non-hydrogen) atoms. The number of rotatable bonds is 15. The number of aromatic nitrogens is 12. The van der Waals surface area contributed by atoms with E-state index in [0.717, 1.165) is 78.9 Å². The fourth-order valence-corrected chi connectivity index (χ4v) is 10.8. The second kappa shape index (κ2) is 26.3. The van der Waals surface area contributed by atoms with Crippen LogP contribution >= 0.6 is 0 Å². The third kappa shape index (κ3) is 14.2. The van der Waals surface area contributed by atoms with Gasteiger partial charge in [0.25, 0.3) is 6.43 Å². The number of pyridine rings is 3. The summed E-state index contributed by atoms with van der Waals surface area (Å²) in [5.74, 6) is 15.5. The molecule has 21 nitrogen and oxygen atoms in total. The number of fused-ring (bicyclic) bond motifs is 3. The highest BCUT2D eigenvalue weighted by Crippen LogP contribution is 2.42. The summed E-state index contributed by atoms with van der Waals surface area (Å²) in [7, 11) is 3.20. The van der Waals surface area contributed by atoms with Crippen molar-refractivity contribution in [1.82, 2.24) is 58.6 Å². The number of hydrogen-bond acceptors (Lipinski definition) is 18. The Kier molecular flexibility index (Phi) is 18.3. The van der Waals surface area contributed by atoms with Crippen LogP contribution < -0.4 is 17.2 Å². The normalized spacial score (nSPS) is 16.4. The number of methoxy groups -OCH3 is 2. The van der Waals surface area contributed by atoms with Crippen molar-refractivity contribution in [3.63, 3.8) is 0 Å². The molecule has 26 heteroatoms. The molecule has 2 unspecified atom stereocenters. The zero-order valence-electron chi connectivity index (χ0n) is 50.3. The fraction of sp³-hybridized carbons (Fsp3) is 0.400. The number of halogens is 5. The van der Waals surface area contributed by atoms with Gasteiger partial charge in [-0.15, -0.1) is 0 Å². The van der Waals surface area contributed by atoms with Crippen molar-refractivity contribution in [3.05, 3.63) is 108 Å². The third-order valence-corrected chi connectivity index (χ3v) is 16.4. The molecular formula is C65H66F5N15O6. The smallest absolute Gasteiger partial charge is 0.282 e. The van der Waals surface area contributed by atoms with E-state index in [1.54, 1.807) is 63.4 Å². The maximum absolute atomic E-state index is 14.6. The van der Waals surface area contributed by atoms with Crippen molar-refractivity contribution >= 4 is 50.6 Å². The first-order chi connectivity index (χ1) is 43.6. The molecule has 1 aliphatic heterocycles. The monoisotopic (exact) mass is 1250 g/mol. The van der Waals surface area contributed by atoms with Crippen LogP contribution in [0.2, 0.25) is 0 Å². The Morgan fingerprint density at radius 2 is 1.09 bits per heavy atom. The van der Waals surface area contributed by atoms with Crippen LogP contribution in [-0.2, 0) is 27.3 Å². The topological polar surface area (TPSA) is 297 Å². The molecule has 0 spiro atoms. The highest BCUT2D eigenvalue weighted by molar-refractivity contribution is 5.98. The van der Waals surface area contributed by atoms with Crippen molar-refractivity contribution in [3.8, 4) is 69.3 Å². The average Bonchev–Trinajstić information content (AvgIpc) is 1.66. The summed E-state index contributed by atoms with van der Waals surface area (Å²) in [6.07, 6.45) is 16.2. The van der Waals surface area contributed by atoms with Crippen LogP contribution in [0.3, 0.4) is 0 Å². The van der Waals surface area contributed by atoms with Gasteiger partial charge in [-0.3, -0.25) is 0 Å². The third-order valence-electron chi connectivity index (χ3n) is 16.4. The fourth-order valence-electron chi connectivity index (χ4n) is 10.8. The molecule has 3 aliphatic carbocycles. The minimum Gasteiger partial charge on any atom is -0.385 e. The molecule has 0 radical (unpaired) electrons. The Balaban J connectivity index is 0.000000140. The summed E-state index contributed by atoms with van der Waals surface area (Å²) in [6, 6.07) is 5.26. The van der Waals surface area contributed by atoms with Gasteiger partial charge in [-0.25, -0.2) is 66.8 Å². The standard InChI is InChI=1S/C23H24F3N5O2.C21H20FN5O2.C21H22FN5O2/c1-23(32,13-4-5-13)7-6-14-10-15-16(18-17(24)11-28-22(27)30-18)12-31(8-3-9-33-2)20(15)19(29-14)21(25)26;1-21(28,12-2-3-12)5-4-13-6-15-16(19-17(22)7-25-20(23)26-19)9-27(14-10-29-11-14)18(15)8-24-13;1-29-9-3-8-27-13-16(19-17(22)11-25-20(23)26-19)15-10-14(24-12-18(15)27)4-7-21(28)5-2-6-21/h10-13,21,32H,3-5,8-9H2,1-2H3,(H2,27,28,30);6-9,12,14,28H,2-3,10-11H2,1H3,(H2,23,25,26);10-13,28H,2-3,5-6,8-9H2,1H3,(H2,23,25,26). The summed E-state index contributed by atoms with van der Waals surface area (Å²) in [5, 5.41) is 33.0. The Labute approximate surface area is 519 Å². The molecule has 9 aromatic heterocycles. The minimum atomic E-state index is -2.90. The molecule has 13 rings (SSSR count). The van der Waals surface area contributed by atoms with Crippen molar-refractivity contribution in [2.45, 2.75) is 114 Å². The Morgan fingerprint density at radius 1 is 0.626 bits per heavy atom. The maximum Gasteiger partial charge on any atom is 0.282 e. The summed E-state index contributed by atoms with van der Waals surface area (Å²) >= 11 is 0. The Morgan fingerprint density at radius 3 is 1.57 bits per heavy atom. The number of anilines is 3. The largest absolute Gasteiger partial charge is 0.385 e. The lowest BCUT2D eigenvalue weighted by molar-refractivity contribution is -0.0213. The molecule has 2 atom stereocenters. The van der Waals surface area contributed by atoms with E-state index < -0.39 is 46.4 Å². The molecule has 9 aromatic rings. The average molecular weight is 1250 g/mol. The number of nitrogens with two attached hydrogens (primary N) is 3. The number of nitrogen functional groups attached to an aromatic ring is 3. The van der Waals surface area contributed by atoms with Crippen molar-refractivity contribution in [2.75, 3.05) is 57.8 Å². The van der Waals surface area contributed by atoms with Gasteiger partial charge >= 0.3 is 0 Å². The molecule has 472 valence electrons. The summed E-state index contributed by atoms with van der Waals surface area (Å²) in [6.45, 7) is 6.55. The van der Waals surface area contributed by atoms with Gasteiger partial charge in [0, 0.05) is 92.0 Å². The van der Waals surface area contributed by atoms with Crippen LogP contribution in [0.1, 0.15) is 107 Å². The van der Waals surface area contributed by atoms with Crippen LogP contribution in [0.15, 0.2) is 67.8 Å². The van der Waals surface area contributed by atoms with E-state index in [2.05, 4.69) is 80.4 Å². The number of aryl methyl sites for hydroxylation is 2. The number of aliphatic hydroxyl groups is 3. The first kappa shape index (κ1) is 63.4. The van der Waals surface area contributed by atoms with Crippen LogP contribution in [0.4, 0.5) is 39.8 Å². The zero-order valence-corrected chi connectivity index (χ0v) is 50.3. The molecule has 0 amide bonds. The quantitative estimate of drug-likeness (QED) is 0.0318. The van der Waals surface area contributed by atoms with Gasteiger partial charge in [-0.05, 0) is 119 Å². The van der Waals surface area contributed by atoms with Crippen molar-refractivity contribution in [2.24, 2.45) is 11.8 Å². The molecule has 10 heterocycles. The van der Waals surface area contributed by atoms with E-state index in [0.29, 0.717) is 86.7 Å². The van der Waals surface area contributed by atoms with Crippen LogP contribution in [0.25, 0.3) is 66.5 Å². The predicted molar refractivity (Wildman–Crippen MR) is 329 cm³/mol. The van der Waals surface area contributed by atoms with E-state index in [-0.39, 0.29) is 69.6 Å². The number of ether oxygens (including phenoxy) is 3. The van der Waals surface area contributed by atoms with E-state index in [4.69, 9.17) is 31.4 Å². The summed E-state index contributed by atoms with van der Waals surface area (Å²) in [4.78, 5) is 36.2. The van der Waals surface area contributed by atoms with Gasteiger partial charge in [0.05, 0.1) is 66.8 Å². The van der Waals surface area contributed by atoms with Crippen LogP contribution in [0.5, 0.6) is 0 Å². The van der Waals surface area contributed by atoms with Gasteiger partial charge in [0.15, 0.2) is 17.5 Å². The molecule has 4 aliphatic rings. The Bertz CT molecular complexity index is 4410. The van der Waals surface area contributed by atoms with Gasteiger partial charge in [-0.1, -0.05) is 17.8 Å². The Hall–Kier alpha value is -9.20. The number of hydrogen-bond donors (Lipinski definition) is 6. The SMILES string of the molecule is CC(O)(C#Cc1cc2c(-c3nc(N)ncc3F)cn(C3COC3)c2cn1)C1CC1.COCCCn1cc(-c2nc(N)ncc2F)c2cc(C#CC(C)(O)C3CC3)nc(C(F)F)c21.COCCCn1cc(-c2nc(N)ncc2F)c2cc(C#CC3(O)CCC3)ncc21. The maximum atomic E-state index is 14.6. The molecule has 0 bridgehead atoms. The highest BCUT2D eigenvalue weighted by atomic mass is 19.3. The lowest BCUT2D eigenvalue weighted by atomic mass is 9.81. The lowest BCUT2D eigenvalue weighted by Crippen LogP contribution is -2.34. The van der Waals surface area contributed by atoms with E-state index >= 15 is 0 Å². The molecule has 9 N–H and O–H groups in total. The van der Waals surface area contributed by atoms with Crippen LogP contribution in [-0.4, -0.2) is 131 Å². The van der Waals surface area contributed by atoms with Gasteiger partial charge < -0.3 is 60.4 Å². The van der Waals surface area contributed by atoms with Crippen molar-refractivity contribution in [1.29, 1.82) is 0 Å². The minimum absolute atomic E-state index is 0.00274. The van der Waals surface area contributed by atoms with Crippen LogP contribution in [0, 0.1) is 64.8 Å². The second-order valence-corrected chi connectivity index (χ2v) is 23.3. The van der Waals surface area contributed by atoms with E-state index in [9.17, 15) is 37.3 Å². The molecule has 1 saturated heterocycles. The van der Waals surface area contributed by atoms with Crippen molar-refractivity contribution < 1.29 is 51.5 Å². The first-order valence-corrected chi connectivity index (χ1v) is 29.6. The summed E-state index contributed by atoms with van der Waals surface area (Å²) in [5.41, 5.74) is 17.9. The van der Waals surface area contributed by atoms with Gasteiger partial charge in [-0.2, -0.15) is 0 Å². The molecule has 0 aromatic carbocycles. The summed E-state index contributed by atoms with van der Waals surface area (Å²) < 4.78 is 92.9.